The van der Waals surface area contributed by atoms with E-state index in [0.717, 1.165) is 10.0 Å². The van der Waals surface area contributed by atoms with E-state index in [1.807, 2.05) is 0 Å². The van der Waals surface area contributed by atoms with E-state index in [9.17, 15) is 4.39 Å². The monoisotopic (exact) mass is 284 g/mol. The van der Waals surface area contributed by atoms with Crippen LogP contribution in [0.1, 0.15) is 18.0 Å². The number of rotatable bonds is 5. The van der Waals surface area contributed by atoms with Gasteiger partial charge in [0.2, 0.25) is 0 Å². The van der Waals surface area contributed by atoms with Crippen molar-refractivity contribution < 1.29 is 4.39 Å². The lowest BCUT2D eigenvalue weighted by Gasteiger charge is -2.18. The van der Waals surface area contributed by atoms with Gasteiger partial charge in [-0.15, -0.1) is 12.3 Å². The van der Waals surface area contributed by atoms with Crippen LogP contribution >= 0.6 is 15.9 Å². The molecule has 0 aliphatic heterocycles. The van der Waals surface area contributed by atoms with Crippen LogP contribution in [0.4, 0.5) is 4.39 Å². The molecule has 1 atom stereocenters. The predicted molar refractivity (Wildman–Crippen MR) is 67.3 cm³/mol. The van der Waals surface area contributed by atoms with Crippen LogP contribution in [0.5, 0.6) is 0 Å². The molecule has 0 heterocycles. The zero-order valence-electron chi connectivity index (χ0n) is 8.84. The van der Waals surface area contributed by atoms with Crippen LogP contribution in [-0.2, 0) is 0 Å². The molecule has 0 bridgehead atoms. The number of nitrogens with one attached hydrogen (secondary N) is 1. The molecule has 0 amide bonds. The summed E-state index contributed by atoms with van der Waals surface area (Å²) in [5.41, 5.74) is 6.61. The van der Waals surface area contributed by atoms with Crippen molar-refractivity contribution in [3.63, 3.8) is 0 Å². The van der Waals surface area contributed by atoms with Gasteiger partial charge in [0.25, 0.3) is 0 Å². The van der Waals surface area contributed by atoms with Crippen LogP contribution in [-0.4, -0.2) is 13.1 Å². The van der Waals surface area contributed by atoms with Crippen LogP contribution in [0.3, 0.4) is 0 Å². The lowest BCUT2D eigenvalue weighted by atomic mass is 10.1. The molecule has 0 saturated carbocycles. The highest BCUT2D eigenvalue weighted by atomic mass is 79.9. The molecule has 1 aromatic carbocycles. The Morgan fingerprint density at radius 2 is 2.31 bits per heavy atom. The molecule has 0 radical (unpaired) electrons. The highest BCUT2D eigenvalue weighted by Gasteiger charge is 2.12. The first-order valence-electron chi connectivity index (χ1n) is 5.01. The first-order chi connectivity index (χ1) is 7.69. The summed E-state index contributed by atoms with van der Waals surface area (Å²) in [5.74, 6) is 2.28. The molecule has 0 aliphatic carbocycles. The molecule has 0 fully saturated rings. The summed E-state index contributed by atoms with van der Waals surface area (Å²) in [6.45, 7) is 1.14. The average Bonchev–Trinajstić information content (AvgIpc) is 2.26. The van der Waals surface area contributed by atoms with E-state index in [2.05, 4.69) is 27.2 Å². The Morgan fingerprint density at radius 1 is 1.56 bits per heavy atom. The van der Waals surface area contributed by atoms with E-state index in [-0.39, 0.29) is 11.9 Å². The molecule has 4 heteroatoms. The molecule has 1 unspecified atom stereocenters. The first kappa shape index (κ1) is 13.2. The maximum absolute atomic E-state index is 12.9. The van der Waals surface area contributed by atoms with Crippen LogP contribution in [0.25, 0.3) is 0 Å². The Hall–Kier alpha value is -0.890. The van der Waals surface area contributed by atoms with E-state index in [1.165, 1.54) is 12.1 Å². The zero-order chi connectivity index (χ0) is 12.0. The molecule has 0 aromatic heterocycles. The minimum Gasteiger partial charge on any atom is -0.329 e. The molecule has 0 aliphatic rings. The van der Waals surface area contributed by atoms with Crippen molar-refractivity contribution in [1.82, 2.24) is 5.32 Å². The van der Waals surface area contributed by atoms with Crippen molar-refractivity contribution in [1.29, 1.82) is 0 Å². The fourth-order valence-electron chi connectivity index (χ4n) is 1.42. The van der Waals surface area contributed by atoms with E-state index in [0.29, 0.717) is 19.5 Å². The van der Waals surface area contributed by atoms with Gasteiger partial charge in [-0.25, -0.2) is 4.39 Å². The van der Waals surface area contributed by atoms with Crippen molar-refractivity contribution in [3.8, 4) is 12.3 Å². The lowest BCUT2D eigenvalue weighted by molar-refractivity contribution is 0.546. The minimum atomic E-state index is -0.268. The van der Waals surface area contributed by atoms with Crippen LogP contribution < -0.4 is 11.1 Å². The standard InChI is InChI=1S/C12H14BrFN2/c1-2-3-6-16-12(8-15)10-5-4-9(14)7-11(10)13/h1,4-5,7,12,16H,3,6,8,15H2. The van der Waals surface area contributed by atoms with Crippen LogP contribution in [0.2, 0.25) is 0 Å². The smallest absolute Gasteiger partial charge is 0.124 e. The van der Waals surface area contributed by atoms with E-state index in [1.54, 1.807) is 6.07 Å². The Kier molecular flexibility index (Phi) is 5.47. The third kappa shape index (κ3) is 3.60. The van der Waals surface area contributed by atoms with Gasteiger partial charge in [-0.1, -0.05) is 22.0 Å². The molecule has 1 aromatic rings. The summed E-state index contributed by atoms with van der Waals surface area (Å²) in [5, 5.41) is 3.23. The Bertz CT molecular complexity index is 387. The van der Waals surface area contributed by atoms with Gasteiger partial charge in [-0.05, 0) is 17.7 Å². The number of nitrogens with two attached hydrogens (primary N) is 1. The van der Waals surface area contributed by atoms with Gasteiger partial charge in [0, 0.05) is 30.0 Å². The van der Waals surface area contributed by atoms with Crippen molar-refractivity contribution in [2.45, 2.75) is 12.5 Å². The van der Waals surface area contributed by atoms with Gasteiger partial charge in [-0.3, -0.25) is 0 Å². The molecule has 1 rings (SSSR count). The van der Waals surface area contributed by atoms with E-state index >= 15 is 0 Å². The summed E-state index contributed by atoms with van der Waals surface area (Å²) < 4.78 is 13.6. The third-order valence-corrected chi connectivity index (χ3v) is 2.92. The summed E-state index contributed by atoms with van der Waals surface area (Å²) in [6.07, 6.45) is 5.81. The molecule has 2 nitrogen and oxygen atoms in total. The average molecular weight is 285 g/mol. The van der Waals surface area contributed by atoms with Gasteiger partial charge in [-0.2, -0.15) is 0 Å². The molecular formula is C12H14BrFN2. The van der Waals surface area contributed by atoms with Crippen molar-refractivity contribution in [2.24, 2.45) is 5.73 Å². The van der Waals surface area contributed by atoms with Gasteiger partial charge >= 0.3 is 0 Å². The molecule has 3 N–H and O–H groups in total. The Morgan fingerprint density at radius 3 is 2.88 bits per heavy atom. The molecule has 16 heavy (non-hydrogen) atoms. The molecule has 0 spiro atoms. The Labute approximate surface area is 104 Å². The van der Waals surface area contributed by atoms with Crippen LogP contribution in [0.15, 0.2) is 22.7 Å². The maximum Gasteiger partial charge on any atom is 0.124 e. The fourth-order valence-corrected chi connectivity index (χ4v) is 2.05. The van der Waals surface area contributed by atoms with Crippen molar-refractivity contribution in [2.75, 3.05) is 13.1 Å². The summed E-state index contributed by atoms with van der Waals surface area (Å²) >= 11 is 3.32. The molecular weight excluding hydrogens is 271 g/mol. The largest absolute Gasteiger partial charge is 0.329 e. The second kappa shape index (κ2) is 6.64. The van der Waals surface area contributed by atoms with Gasteiger partial charge in [0.15, 0.2) is 0 Å². The number of benzene rings is 1. The Balaban J connectivity index is 2.75. The van der Waals surface area contributed by atoms with Gasteiger partial charge < -0.3 is 11.1 Å². The second-order valence-electron chi connectivity index (χ2n) is 3.36. The van der Waals surface area contributed by atoms with Gasteiger partial charge in [0.1, 0.15) is 5.82 Å². The molecule has 86 valence electrons. The fraction of sp³-hybridized carbons (Fsp3) is 0.333. The van der Waals surface area contributed by atoms with E-state index < -0.39 is 0 Å². The zero-order valence-corrected chi connectivity index (χ0v) is 10.4. The summed E-state index contributed by atoms with van der Waals surface area (Å²) in [7, 11) is 0. The second-order valence-corrected chi connectivity index (χ2v) is 4.22. The van der Waals surface area contributed by atoms with Crippen LogP contribution in [0, 0.1) is 18.2 Å². The van der Waals surface area contributed by atoms with E-state index in [4.69, 9.17) is 12.2 Å². The normalized spacial score (nSPS) is 12.1. The minimum absolute atomic E-state index is 0.0108. The van der Waals surface area contributed by atoms with Crippen molar-refractivity contribution in [3.05, 3.63) is 34.1 Å². The quantitative estimate of drug-likeness (QED) is 0.643. The lowest BCUT2D eigenvalue weighted by Crippen LogP contribution is -2.29. The van der Waals surface area contributed by atoms with Crippen molar-refractivity contribution >= 4 is 15.9 Å². The predicted octanol–water partition coefficient (Wildman–Crippen LogP) is 2.20. The highest BCUT2D eigenvalue weighted by molar-refractivity contribution is 9.10. The SMILES string of the molecule is C#CCCNC(CN)c1ccc(F)cc1Br. The molecule has 0 saturated heterocycles. The highest BCUT2D eigenvalue weighted by Crippen LogP contribution is 2.23. The summed E-state index contributed by atoms with van der Waals surface area (Å²) in [6, 6.07) is 4.56. The first-order valence-corrected chi connectivity index (χ1v) is 5.80. The number of halogens is 2. The number of hydrogen-bond donors (Lipinski definition) is 2. The topological polar surface area (TPSA) is 38.0 Å². The van der Waals surface area contributed by atoms with Gasteiger partial charge in [0.05, 0.1) is 0 Å². The maximum atomic E-state index is 12.9. The third-order valence-electron chi connectivity index (χ3n) is 2.23. The number of hydrogen-bond acceptors (Lipinski definition) is 2. The summed E-state index contributed by atoms with van der Waals surface area (Å²) in [4.78, 5) is 0. The number of terminal acetylenes is 1.